The first kappa shape index (κ1) is 17.0. The first-order valence-corrected chi connectivity index (χ1v) is 8.00. The maximum absolute atomic E-state index is 12.1. The van der Waals surface area contributed by atoms with Crippen molar-refractivity contribution in [1.82, 2.24) is 15.5 Å². The van der Waals surface area contributed by atoms with E-state index in [4.69, 9.17) is 4.52 Å². The molecule has 0 fully saturated rings. The molecule has 1 heterocycles. The summed E-state index contributed by atoms with van der Waals surface area (Å²) in [6.07, 6.45) is 1.66. The summed E-state index contributed by atoms with van der Waals surface area (Å²) in [5.41, 5.74) is 2.61. The Morgan fingerprint density at radius 2 is 2.13 bits per heavy atom. The van der Waals surface area contributed by atoms with Crippen LogP contribution in [0.4, 0.5) is 5.69 Å². The van der Waals surface area contributed by atoms with Gasteiger partial charge in [0.05, 0.1) is 6.54 Å². The molecule has 2 aromatic rings. The maximum atomic E-state index is 12.1. The lowest BCUT2D eigenvalue weighted by Crippen LogP contribution is -2.31. The second-order valence-electron chi connectivity index (χ2n) is 5.62. The van der Waals surface area contributed by atoms with Gasteiger partial charge in [-0.25, -0.2) is 0 Å². The molecule has 0 radical (unpaired) electrons. The second-order valence-corrected chi connectivity index (χ2v) is 5.62. The first-order valence-electron chi connectivity index (χ1n) is 8.00. The number of nitrogens with zero attached hydrogens (tertiary/aromatic N) is 2. The minimum Gasteiger partial charge on any atom is -0.376 e. The number of amides is 1. The molecule has 6 heteroatoms. The van der Waals surface area contributed by atoms with Gasteiger partial charge in [0.15, 0.2) is 5.82 Å². The van der Waals surface area contributed by atoms with E-state index in [1.54, 1.807) is 0 Å². The van der Waals surface area contributed by atoms with Gasteiger partial charge in [0.25, 0.3) is 5.91 Å². The molecule has 1 atom stereocenters. The Balaban J connectivity index is 2.00. The zero-order chi connectivity index (χ0) is 16.8. The number of hydrogen-bond donors (Lipinski definition) is 2. The quantitative estimate of drug-likeness (QED) is 0.820. The molecule has 0 bridgehead atoms. The monoisotopic (exact) mass is 316 g/mol. The van der Waals surface area contributed by atoms with Gasteiger partial charge in [0.2, 0.25) is 5.89 Å². The summed E-state index contributed by atoms with van der Waals surface area (Å²) < 4.78 is 5.15. The number of rotatable bonds is 7. The van der Waals surface area contributed by atoms with Crippen LogP contribution in [-0.2, 0) is 13.0 Å². The summed E-state index contributed by atoms with van der Waals surface area (Å²) in [7, 11) is 0. The molecule has 0 aliphatic heterocycles. The minimum atomic E-state index is -0.0431. The molecule has 0 aliphatic rings. The fourth-order valence-corrected chi connectivity index (χ4v) is 2.09. The lowest BCUT2D eigenvalue weighted by atomic mass is 10.1. The van der Waals surface area contributed by atoms with Gasteiger partial charge in [0, 0.05) is 23.7 Å². The molecule has 6 nitrogen and oxygen atoms in total. The third-order valence-electron chi connectivity index (χ3n) is 3.73. The number of benzene rings is 1. The van der Waals surface area contributed by atoms with Crippen LogP contribution in [0.3, 0.4) is 0 Å². The Labute approximate surface area is 136 Å². The highest BCUT2D eigenvalue weighted by atomic mass is 16.5. The summed E-state index contributed by atoms with van der Waals surface area (Å²) in [6.45, 7) is 8.45. The summed E-state index contributed by atoms with van der Waals surface area (Å²) in [5, 5.41) is 10.1. The number of carbonyl (C=O) groups excluding carboxylic acids is 1. The van der Waals surface area contributed by atoms with E-state index in [-0.39, 0.29) is 11.9 Å². The van der Waals surface area contributed by atoms with Crippen molar-refractivity contribution in [2.24, 2.45) is 0 Å². The lowest BCUT2D eigenvalue weighted by Gasteiger charge is -2.13. The highest BCUT2D eigenvalue weighted by molar-refractivity contribution is 5.95. The topological polar surface area (TPSA) is 80.0 Å². The molecule has 1 amide bonds. The Hall–Kier alpha value is -2.37. The fraction of sp³-hybridized carbons (Fsp3) is 0.471. The van der Waals surface area contributed by atoms with Crippen LogP contribution < -0.4 is 10.6 Å². The number of aryl methyl sites for hydroxylation is 2. The molecule has 0 saturated carbocycles. The van der Waals surface area contributed by atoms with Crippen molar-refractivity contribution < 1.29 is 9.32 Å². The van der Waals surface area contributed by atoms with Crippen LogP contribution in [-0.4, -0.2) is 22.1 Å². The molecular formula is C17H24N4O2. The van der Waals surface area contributed by atoms with Crippen LogP contribution in [0.1, 0.15) is 54.8 Å². The molecule has 23 heavy (non-hydrogen) atoms. The van der Waals surface area contributed by atoms with Gasteiger partial charge < -0.3 is 15.2 Å². The normalized spacial score (nSPS) is 12.0. The molecule has 2 rings (SSSR count). The minimum absolute atomic E-state index is 0.0431. The third kappa shape index (κ3) is 4.55. The Morgan fingerprint density at radius 1 is 1.35 bits per heavy atom. The summed E-state index contributed by atoms with van der Waals surface area (Å²) in [6, 6.07) is 5.77. The smallest absolute Gasteiger partial charge is 0.251 e. The van der Waals surface area contributed by atoms with Crippen molar-refractivity contribution >= 4 is 11.6 Å². The van der Waals surface area contributed by atoms with Gasteiger partial charge in [-0.3, -0.25) is 4.79 Å². The standard InChI is InChI=1S/C17H24N4O2/c1-5-12(4)19-17(22)13-7-8-14(11(3)9-13)18-10-16-20-15(6-2)21-23-16/h7-9,12,18H,5-6,10H2,1-4H3,(H,19,22)/t12-/m0/s1. The summed E-state index contributed by atoms with van der Waals surface area (Å²) >= 11 is 0. The number of anilines is 1. The molecule has 0 unspecified atom stereocenters. The van der Waals surface area contributed by atoms with Crippen molar-refractivity contribution in [2.45, 2.75) is 53.1 Å². The Bertz CT molecular complexity index is 666. The van der Waals surface area contributed by atoms with Crippen LogP contribution in [0.2, 0.25) is 0 Å². The molecule has 2 N–H and O–H groups in total. The lowest BCUT2D eigenvalue weighted by molar-refractivity contribution is 0.0939. The van der Waals surface area contributed by atoms with Crippen LogP contribution in [0, 0.1) is 6.92 Å². The zero-order valence-electron chi connectivity index (χ0n) is 14.1. The largest absolute Gasteiger partial charge is 0.376 e. The average Bonchev–Trinajstić information content (AvgIpc) is 3.01. The van der Waals surface area contributed by atoms with E-state index < -0.39 is 0 Å². The number of nitrogens with one attached hydrogen (secondary N) is 2. The van der Waals surface area contributed by atoms with E-state index in [1.165, 1.54) is 0 Å². The molecule has 0 spiro atoms. The van der Waals surface area contributed by atoms with Crippen LogP contribution in [0.25, 0.3) is 0 Å². The van der Waals surface area contributed by atoms with E-state index in [0.29, 0.717) is 23.8 Å². The highest BCUT2D eigenvalue weighted by Gasteiger charge is 2.11. The van der Waals surface area contributed by atoms with E-state index in [1.807, 2.05) is 45.9 Å². The molecule has 124 valence electrons. The zero-order valence-corrected chi connectivity index (χ0v) is 14.1. The summed E-state index contributed by atoms with van der Waals surface area (Å²) in [5.74, 6) is 1.22. The maximum Gasteiger partial charge on any atom is 0.251 e. The molecule has 0 saturated heterocycles. The van der Waals surface area contributed by atoms with Gasteiger partial charge in [-0.05, 0) is 44.0 Å². The Morgan fingerprint density at radius 3 is 2.74 bits per heavy atom. The Kier molecular flexibility index (Phi) is 5.73. The van der Waals surface area contributed by atoms with Crippen molar-refractivity contribution in [3.05, 3.63) is 41.0 Å². The van der Waals surface area contributed by atoms with Crippen molar-refractivity contribution in [1.29, 1.82) is 0 Å². The summed E-state index contributed by atoms with van der Waals surface area (Å²) in [4.78, 5) is 16.4. The SMILES string of the molecule is CCc1noc(CNc2ccc(C(=O)N[C@@H](C)CC)cc2C)n1. The number of hydrogen-bond acceptors (Lipinski definition) is 5. The second kappa shape index (κ2) is 7.76. The van der Waals surface area contributed by atoms with Gasteiger partial charge in [-0.1, -0.05) is 19.0 Å². The van der Waals surface area contributed by atoms with E-state index in [2.05, 4.69) is 20.8 Å². The molecular weight excluding hydrogens is 292 g/mol. The molecule has 1 aromatic heterocycles. The van der Waals surface area contributed by atoms with Crippen LogP contribution >= 0.6 is 0 Å². The fourth-order valence-electron chi connectivity index (χ4n) is 2.09. The predicted molar refractivity (Wildman–Crippen MR) is 89.4 cm³/mol. The average molecular weight is 316 g/mol. The molecule has 1 aromatic carbocycles. The van der Waals surface area contributed by atoms with Gasteiger partial charge in [0.1, 0.15) is 0 Å². The van der Waals surface area contributed by atoms with Crippen molar-refractivity contribution in [3.63, 3.8) is 0 Å². The van der Waals surface area contributed by atoms with Gasteiger partial charge in [-0.2, -0.15) is 4.98 Å². The van der Waals surface area contributed by atoms with Crippen molar-refractivity contribution in [2.75, 3.05) is 5.32 Å². The number of aromatic nitrogens is 2. The van der Waals surface area contributed by atoms with E-state index in [9.17, 15) is 4.79 Å². The van der Waals surface area contributed by atoms with E-state index >= 15 is 0 Å². The van der Waals surface area contributed by atoms with Gasteiger partial charge in [-0.15, -0.1) is 0 Å². The molecule has 0 aliphatic carbocycles. The highest BCUT2D eigenvalue weighted by Crippen LogP contribution is 2.17. The van der Waals surface area contributed by atoms with Crippen LogP contribution in [0.15, 0.2) is 22.7 Å². The third-order valence-corrected chi connectivity index (χ3v) is 3.73. The van der Waals surface area contributed by atoms with Gasteiger partial charge >= 0.3 is 0 Å². The predicted octanol–water partition coefficient (Wildman–Crippen LogP) is 3.08. The number of carbonyl (C=O) groups is 1. The van der Waals surface area contributed by atoms with Crippen molar-refractivity contribution in [3.8, 4) is 0 Å². The van der Waals surface area contributed by atoms with E-state index in [0.717, 1.165) is 24.1 Å². The van der Waals surface area contributed by atoms with Crippen LogP contribution in [0.5, 0.6) is 0 Å². The first-order chi connectivity index (χ1) is 11.0.